The lowest BCUT2D eigenvalue weighted by Gasteiger charge is -2.25. The number of nitrogens with zero attached hydrogens (tertiary/aromatic N) is 2. The van der Waals surface area contributed by atoms with Crippen LogP contribution in [0.3, 0.4) is 0 Å². The van der Waals surface area contributed by atoms with E-state index >= 15 is 0 Å². The fourth-order valence-electron chi connectivity index (χ4n) is 2.42. The van der Waals surface area contributed by atoms with Crippen molar-refractivity contribution < 1.29 is 0 Å². The van der Waals surface area contributed by atoms with Crippen LogP contribution in [0.15, 0.2) is 23.4 Å². The van der Waals surface area contributed by atoms with Crippen LogP contribution in [-0.2, 0) is 0 Å². The van der Waals surface area contributed by atoms with Gasteiger partial charge in [-0.15, -0.1) is 0 Å². The molecular formula is C17H34N2. The second-order valence-electron chi connectivity index (χ2n) is 5.02. The standard InChI is InChI=1S/C13H22N2.2C2H6/c1-11-4-6-12(7-5-11)15-9-8-13(10-15)14(2)3;2*1-2/h4,6,13H,5,7-10H2,1-3H3;2*1-2H3/t13-;;/m0../s1. The number of likely N-dealkylation sites (N-methyl/N-ethyl adjacent to an activating group) is 1. The van der Waals surface area contributed by atoms with Crippen molar-refractivity contribution in [2.75, 3.05) is 27.2 Å². The van der Waals surface area contributed by atoms with Gasteiger partial charge in [0.15, 0.2) is 0 Å². The predicted molar refractivity (Wildman–Crippen MR) is 87.4 cm³/mol. The van der Waals surface area contributed by atoms with Crippen molar-refractivity contribution in [3.8, 4) is 0 Å². The van der Waals surface area contributed by atoms with Gasteiger partial charge in [0, 0.05) is 24.8 Å². The zero-order valence-electron chi connectivity index (χ0n) is 14.2. The Bertz CT molecular complexity index is 290. The molecule has 0 spiro atoms. The maximum absolute atomic E-state index is 2.56. The Morgan fingerprint density at radius 1 is 1.05 bits per heavy atom. The molecule has 0 aromatic heterocycles. The lowest BCUT2D eigenvalue weighted by Crippen LogP contribution is -2.31. The summed E-state index contributed by atoms with van der Waals surface area (Å²) in [5, 5.41) is 0. The van der Waals surface area contributed by atoms with E-state index in [0.29, 0.717) is 0 Å². The Morgan fingerprint density at radius 2 is 1.68 bits per heavy atom. The molecule has 0 saturated carbocycles. The predicted octanol–water partition coefficient (Wildman–Crippen LogP) is 4.30. The molecule has 2 rings (SSSR count). The highest BCUT2D eigenvalue weighted by Gasteiger charge is 2.25. The topological polar surface area (TPSA) is 6.48 Å². The monoisotopic (exact) mass is 266 g/mol. The lowest BCUT2D eigenvalue weighted by atomic mass is 10.0. The van der Waals surface area contributed by atoms with Crippen molar-refractivity contribution in [1.29, 1.82) is 0 Å². The van der Waals surface area contributed by atoms with E-state index in [1.54, 1.807) is 5.70 Å². The van der Waals surface area contributed by atoms with Crippen LogP contribution in [0.5, 0.6) is 0 Å². The van der Waals surface area contributed by atoms with E-state index in [4.69, 9.17) is 0 Å². The van der Waals surface area contributed by atoms with Gasteiger partial charge in [0.2, 0.25) is 0 Å². The highest BCUT2D eigenvalue weighted by atomic mass is 15.2. The fraction of sp³-hybridized carbons (Fsp3) is 0.765. The van der Waals surface area contributed by atoms with Crippen molar-refractivity contribution >= 4 is 0 Å². The summed E-state index contributed by atoms with van der Waals surface area (Å²) in [5.41, 5.74) is 3.06. The summed E-state index contributed by atoms with van der Waals surface area (Å²) in [7, 11) is 4.38. The quantitative estimate of drug-likeness (QED) is 0.735. The summed E-state index contributed by atoms with van der Waals surface area (Å²) >= 11 is 0. The van der Waals surface area contributed by atoms with Crippen LogP contribution in [0.25, 0.3) is 0 Å². The smallest absolute Gasteiger partial charge is 0.0331 e. The molecule has 1 aliphatic carbocycles. The molecule has 0 unspecified atom stereocenters. The molecule has 0 N–H and O–H groups in total. The van der Waals surface area contributed by atoms with Crippen molar-refractivity contribution in [2.45, 2.75) is 59.9 Å². The Labute approximate surface area is 121 Å². The third-order valence-electron chi connectivity index (χ3n) is 3.64. The van der Waals surface area contributed by atoms with Crippen LogP contribution in [0.2, 0.25) is 0 Å². The zero-order chi connectivity index (χ0) is 14.8. The van der Waals surface area contributed by atoms with Gasteiger partial charge in [-0.05, 0) is 46.4 Å². The summed E-state index contributed by atoms with van der Waals surface area (Å²) in [4.78, 5) is 4.91. The van der Waals surface area contributed by atoms with Crippen LogP contribution < -0.4 is 0 Å². The average molecular weight is 266 g/mol. The molecule has 2 aliphatic rings. The number of likely N-dealkylation sites (tertiary alicyclic amines) is 1. The van der Waals surface area contributed by atoms with Crippen LogP contribution in [0, 0.1) is 0 Å². The van der Waals surface area contributed by atoms with Gasteiger partial charge in [-0.1, -0.05) is 39.3 Å². The Kier molecular flexibility index (Phi) is 9.68. The van der Waals surface area contributed by atoms with Crippen molar-refractivity contribution in [2.24, 2.45) is 0 Å². The molecule has 2 heteroatoms. The van der Waals surface area contributed by atoms with E-state index in [-0.39, 0.29) is 0 Å². The van der Waals surface area contributed by atoms with Crippen LogP contribution in [-0.4, -0.2) is 43.0 Å². The van der Waals surface area contributed by atoms with Gasteiger partial charge >= 0.3 is 0 Å². The first-order valence-corrected chi connectivity index (χ1v) is 7.94. The van der Waals surface area contributed by atoms with Crippen LogP contribution in [0.4, 0.5) is 0 Å². The minimum atomic E-state index is 0.748. The van der Waals surface area contributed by atoms with Gasteiger partial charge in [0.25, 0.3) is 0 Å². The number of hydrogen-bond donors (Lipinski definition) is 0. The van der Waals surface area contributed by atoms with E-state index in [1.165, 1.54) is 37.9 Å². The maximum Gasteiger partial charge on any atom is 0.0331 e. The van der Waals surface area contributed by atoms with Crippen molar-refractivity contribution in [1.82, 2.24) is 9.80 Å². The normalized spacial score (nSPS) is 21.9. The highest BCUT2D eigenvalue weighted by Crippen LogP contribution is 2.25. The molecule has 1 heterocycles. The first-order chi connectivity index (χ1) is 9.16. The van der Waals surface area contributed by atoms with E-state index in [2.05, 4.69) is 43.0 Å². The summed E-state index contributed by atoms with van der Waals surface area (Å²) in [5.74, 6) is 0. The van der Waals surface area contributed by atoms with E-state index in [9.17, 15) is 0 Å². The third-order valence-corrected chi connectivity index (χ3v) is 3.64. The number of hydrogen-bond acceptors (Lipinski definition) is 2. The second-order valence-corrected chi connectivity index (χ2v) is 5.02. The van der Waals surface area contributed by atoms with Gasteiger partial charge < -0.3 is 9.80 Å². The molecule has 0 amide bonds. The third kappa shape index (κ3) is 5.82. The minimum absolute atomic E-state index is 0.748. The first-order valence-electron chi connectivity index (χ1n) is 7.94. The van der Waals surface area contributed by atoms with Gasteiger partial charge in [-0.2, -0.15) is 0 Å². The summed E-state index contributed by atoms with van der Waals surface area (Å²) in [6.07, 6.45) is 8.39. The van der Waals surface area contributed by atoms with Gasteiger partial charge in [0.1, 0.15) is 0 Å². The summed E-state index contributed by atoms with van der Waals surface area (Å²) in [6.45, 7) is 12.7. The summed E-state index contributed by atoms with van der Waals surface area (Å²) in [6, 6.07) is 0.748. The van der Waals surface area contributed by atoms with Crippen LogP contribution in [0.1, 0.15) is 53.9 Å². The Morgan fingerprint density at radius 3 is 2.11 bits per heavy atom. The maximum atomic E-state index is 2.56. The van der Waals surface area contributed by atoms with E-state index in [0.717, 1.165) is 6.04 Å². The van der Waals surface area contributed by atoms with Gasteiger partial charge in [-0.3, -0.25) is 0 Å². The number of allylic oxidation sites excluding steroid dienone is 4. The molecule has 1 saturated heterocycles. The molecule has 2 nitrogen and oxygen atoms in total. The molecule has 0 bridgehead atoms. The average Bonchev–Trinajstić information content (AvgIpc) is 2.94. The van der Waals surface area contributed by atoms with Gasteiger partial charge in [-0.25, -0.2) is 0 Å². The van der Waals surface area contributed by atoms with Gasteiger partial charge in [0.05, 0.1) is 0 Å². The SMILES string of the molecule is CC.CC.CC1=CC=C(N2CC[C@H](N(C)C)C2)CC1. The van der Waals surface area contributed by atoms with Crippen molar-refractivity contribution in [3.05, 3.63) is 23.4 Å². The molecule has 0 aromatic rings. The Balaban J connectivity index is 0.000000741. The second kappa shape index (κ2) is 10.1. The molecule has 0 aromatic carbocycles. The van der Waals surface area contributed by atoms with E-state index in [1.807, 2.05) is 27.7 Å². The first kappa shape index (κ1) is 18.2. The molecule has 19 heavy (non-hydrogen) atoms. The zero-order valence-corrected chi connectivity index (χ0v) is 14.2. The fourth-order valence-corrected chi connectivity index (χ4v) is 2.42. The lowest BCUT2D eigenvalue weighted by molar-refractivity contribution is 0.288. The largest absolute Gasteiger partial charge is 0.373 e. The Hall–Kier alpha value is -0.760. The molecule has 0 radical (unpaired) electrons. The molecule has 1 atom stereocenters. The highest BCUT2D eigenvalue weighted by molar-refractivity contribution is 5.22. The minimum Gasteiger partial charge on any atom is -0.373 e. The molecule has 1 fully saturated rings. The molecule has 1 aliphatic heterocycles. The van der Waals surface area contributed by atoms with Crippen LogP contribution >= 0.6 is 0 Å². The van der Waals surface area contributed by atoms with E-state index < -0.39 is 0 Å². The van der Waals surface area contributed by atoms with Crippen molar-refractivity contribution in [3.63, 3.8) is 0 Å². The molecular weight excluding hydrogens is 232 g/mol. The molecule has 112 valence electrons. The number of rotatable bonds is 2. The summed E-state index contributed by atoms with van der Waals surface area (Å²) < 4.78 is 0.